The second kappa shape index (κ2) is 6.65. The molecule has 1 radical (unpaired) electrons. The molecule has 0 atom stereocenters. The first kappa shape index (κ1) is 12.2. The van der Waals surface area contributed by atoms with Crippen molar-refractivity contribution in [2.75, 3.05) is 13.2 Å². The van der Waals surface area contributed by atoms with Crippen LogP contribution in [0.25, 0.3) is 0 Å². The Morgan fingerprint density at radius 1 is 1.62 bits per heavy atom. The van der Waals surface area contributed by atoms with Crippen LogP contribution in [0.1, 0.15) is 10.4 Å². The van der Waals surface area contributed by atoms with E-state index in [1.165, 1.54) is 0 Å². The molecule has 1 rings (SSSR count). The van der Waals surface area contributed by atoms with Crippen molar-refractivity contribution in [2.24, 2.45) is 0 Å². The number of carbonyl (C=O) groups excluding carboxylic acids is 1. The second-order valence-electron chi connectivity index (χ2n) is 2.18. The van der Waals surface area contributed by atoms with E-state index in [2.05, 4.69) is 6.07 Å². The van der Waals surface area contributed by atoms with E-state index >= 15 is 0 Å². The van der Waals surface area contributed by atoms with Crippen LogP contribution in [0.3, 0.4) is 0 Å². The Kier molecular flexibility index (Phi) is 6.22. The van der Waals surface area contributed by atoms with Crippen molar-refractivity contribution in [3.63, 3.8) is 0 Å². The van der Waals surface area contributed by atoms with E-state index in [4.69, 9.17) is 9.84 Å². The Labute approximate surface area is 86.9 Å². The summed E-state index contributed by atoms with van der Waals surface area (Å²) in [5.41, 5.74) is 0.543. The zero-order chi connectivity index (χ0) is 8.81. The van der Waals surface area contributed by atoms with E-state index in [-0.39, 0.29) is 30.0 Å². The summed E-state index contributed by atoms with van der Waals surface area (Å²) >= 11 is 0. The summed E-state index contributed by atoms with van der Waals surface area (Å²) in [6.07, 6.45) is 0.736. The van der Waals surface area contributed by atoms with Gasteiger partial charge in [-0.1, -0.05) is 5.56 Å². The Bertz CT molecular complexity index is 263. The first-order valence-electron chi connectivity index (χ1n) is 3.57. The van der Waals surface area contributed by atoms with Crippen LogP contribution < -0.4 is 4.74 Å². The Morgan fingerprint density at radius 3 is 3.00 bits per heavy atom. The summed E-state index contributed by atoms with van der Waals surface area (Å²) in [4.78, 5) is 10.3. The van der Waals surface area contributed by atoms with Crippen LogP contribution in [0.4, 0.5) is 0 Å². The van der Waals surface area contributed by atoms with Crippen molar-refractivity contribution in [2.45, 2.75) is 0 Å². The van der Waals surface area contributed by atoms with E-state index in [0.717, 1.165) is 6.29 Å². The predicted molar refractivity (Wildman–Crippen MR) is 43.2 cm³/mol. The molecule has 1 aromatic carbocycles. The predicted octanol–water partition coefficient (Wildman–Crippen LogP) is 0.668. The quantitative estimate of drug-likeness (QED) is 0.603. The van der Waals surface area contributed by atoms with Crippen molar-refractivity contribution < 1.29 is 31.4 Å². The number of ether oxygens (including phenoxy) is 1. The first-order chi connectivity index (χ1) is 5.86. The summed E-state index contributed by atoms with van der Waals surface area (Å²) in [7, 11) is 0. The van der Waals surface area contributed by atoms with Crippen molar-refractivity contribution in [1.82, 2.24) is 0 Å². The fourth-order valence-electron chi connectivity index (χ4n) is 0.773. The molecule has 0 fully saturated rings. The molecule has 13 heavy (non-hydrogen) atoms. The number of hydrogen-bond acceptors (Lipinski definition) is 3. The minimum atomic E-state index is -0.0425. The number of aliphatic hydroxyl groups excluding tert-OH is 1. The van der Waals surface area contributed by atoms with Crippen molar-refractivity contribution >= 4 is 6.29 Å². The Balaban J connectivity index is 0.00000144. The molecule has 73 valence electrons. The topological polar surface area (TPSA) is 46.5 Å². The summed E-state index contributed by atoms with van der Waals surface area (Å²) in [6, 6.07) is 7.60. The van der Waals surface area contributed by atoms with Gasteiger partial charge in [0.05, 0.1) is 6.61 Å². The maximum Gasteiger partial charge on any atom is 0.126 e. The number of benzene rings is 1. The maximum atomic E-state index is 10.3. The van der Waals surface area contributed by atoms with E-state index in [1.807, 2.05) is 0 Å². The summed E-state index contributed by atoms with van der Waals surface area (Å²) in [5, 5.41) is 8.45. The van der Waals surface area contributed by atoms with Gasteiger partial charge < -0.3 is 14.6 Å². The molecule has 0 spiro atoms. The van der Waals surface area contributed by atoms with Crippen molar-refractivity contribution in [3.05, 3.63) is 29.8 Å². The van der Waals surface area contributed by atoms with Gasteiger partial charge in [-0.3, -0.25) is 0 Å². The van der Waals surface area contributed by atoms with Gasteiger partial charge in [0.2, 0.25) is 0 Å². The molecule has 3 nitrogen and oxygen atoms in total. The fraction of sp³-hybridized carbons (Fsp3) is 0.222. The summed E-state index contributed by atoms with van der Waals surface area (Å²) in [6.45, 7) is 0.179. The van der Waals surface area contributed by atoms with Crippen LogP contribution >= 0.6 is 0 Å². The average molecular weight is 224 g/mol. The molecular weight excluding hydrogens is 215 g/mol. The van der Waals surface area contributed by atoms with E-state index in [0.29, 0.717) is 11.3 Å². The van der Waals surface area contributed by atoms with E-state index in [1.54, 1.807) is 18.2 Å². The normalized spacial score (nSPS) is 8.69. The molecule has 0 amide bonds. The van der Waals surface area contributed by atoms with E-state index in [9.17, 15) is 4.79 Å². The van der Waals surface area contributed by atoms with Gasteiger partial charge in [-0.25, -0.2) is 0 Å². The van der Waals surface area contributed by atoms with Gasteiger partial charge in [-0.2, -0.15) is 12.1 Å². The number of hydrogen-bond donors (Lipinski definition) is 1. The van der Waals surface area contributed by atoms with Crippen molar-refractivity contribution in [1.29, 1.82) is 0 Å². The van der Waals surface area contributed by atoms with Crippen LogP contribution in [0.5, 0.6) is 5.75 Å². The van der Waals surface area contributed by atoms with Gasteiger partial charge in [-0.05, 0) is 0 Å². The molecule has 1 aromatic rings. The van der Waals surface area contributed by atoms with Crippen LogP contribution in [-0.2, 0) is 16.8 Å². The molecular formula is C9H9CoO3-. The van der Waals surface area contributed by atoms with Gasteiger partial charge in [0, 0.05) is 22.5 Å². The molecule has 0 unspecified atom stereocenters. The van der Waals surface area contributed by atoms with Gasteiger partial charge in [0.15, 0.2) is 0 Å². The number of aliphatic hydroxyl groups is 1. The fourth-order valence-corrected chi connectivity index (χ4v) is 0.773. The van der Waals surface area contributed by atoms with Gasteiger partial charge in [0.1, 0.15) is 12.9 Å². The standard InChI is InChI=1S/C9H9O3.Co/c10-4-5-12-9-3-1-2-8(6-9)7-11;/h1-2,6-7,10H,4-5H2;/q-1;. The van der Waals surface area contributed by atoms with Gasteiger partial charge in [0.25, 0.3) is 0 Å². The zero-order valence-corrected chi connectivity index (χ0v) is 7.86. The minimum Gasteiger partial charge on any atom is -0.517 e. The molecule has 0 aliphatic heterocycles. The summed E-state index contributed by atoms with van der Waals surface area (Å²) < 4.78 is 5.03. The number of aldehydes is 1. The van der Waals surface area contributed by atoms with Crippen LogP contribution in [-0.4, -0.2) is 24.6 Å². The Hall–Kier alpha value is -0.844. The minimum absolute atomic E-state index is 0. The molecule has 0 saturated carbocycles. The molecule has 0 aliphatic rings. The van der Waals surface area contributed by atoms with Crippen molar-refractivity contribution in [3.8, 4) is 5.75 Å². The van der Waals surface area contributed by atoms with Crippen LogP contribution in [0.15, 0.2) is 18.2 Å². The smallest absolute Gasteiger partial charge is 0.126 e. The van der Waals surface area contributed by atoms with Crippen LogP contribution in [0, 0.1) is 6.07 Å². The largest absolute Gasteiger partial charge is 0.517 e. The third-order valence-corrected chi connectivity index (χ3v) is 1.28. The monoisotopic (exact) mass is 224 g/mol. The number of carbonyl (C=O) groups is 1. The first-order valence-corrected chi connectivity index (χ1v) is 3.57. The molecule has 4 heteroatoms. The molecule has 1 N–H and O–H groups in total. The zero-order valence-electron chi connectivity index (χ0n) is 6.82. The molecule has 0 heterocycles. The van der Waals surface area contributed by atoms with Gasteiger partial charge in [-0.15, -0.1) is 12.1 Å². The maximum absolute atomic E-state index is 10.3. The van der Waals surface area contributed by atoms with Gasteiger partial charge >= 0.3 is 0 Å². The molecule has 0 aromatic heterocycles. The van der Waals surface area contributed by atoms with Crippen LogP contribution in [0.2, 0.25) is 0 Å². The molecule has 0 aliphatic carbocycles. The third-order valence-electron chi connectivity index (χ3n) is 1.28. The third kappa shape index (κ3) is 4.07. The summed E-state index contributed by atoms with van der Waals surface area (Å²) in [5.74, 6) is 0.480. The average Bonchev–Trinajstić information content (AvgIpc) is 2.15. The SMILES string of the molecule is O=Cc1cc[c-]c(OCCO)c1.[Co]. The second-order valence-corrected chi connectivity index (χ2v) is 2.18. The molecule has 0 saturated heterocycles. The Morgan fingerprint density at radius 2 is 2.38 bits per heavy atom. The number of rotatable bonds is 4. The van der Waals surface area contributed by atoms with E-state index < -0.39 is 0 Å². The molecule has 0 bridgehead atoms.